The number of urea groups is 1. The van der Waals surface area contributed by atoms with E-state index < -0.39 is 11.8 Å². The highest BCUT2D eigenvalue weighted by atomic mass is 19.1. The number of halogens is 1. The number of aryl methyl sites for hydroxylation is 1. The maximum absolute atomic E-state index is 13.7. The molecular formula is C26H21FN6O2. The van der Waals surface area contributed by atoms with Crippen LogP contribution in [0.3, 0.4) is 0 Å². The highest BCUT2D eigenvalue weighted by Gasteiger charge is 2.13. The van der Waals surface area contributed by atoms with Crippen molar-refractivity contribution in [3.63, 3.8) is 0 Å². The number of benzene rings is 3. The van der Waals surface area contributed by atoms with E-state index in [1.54, 1.807) is 30.6 Å². The Kier molecular flexibility index (Phi) is 6.04. The summed E-state index contributed by atoms with van der Waals surface area (Å²) in [6.07, 6.45) is 3.53. The molecule has 174 valence electrons. The number of imidazole rings is 1. The van der Waals surface area contributed by atoms with Gasteiger partial charge in [-0.2, -0.15) is 4.98 Å². The summed E-state index contributed by atoms with van der Waals surface area (Å²) in [6.45, 7) is 2.58. The van der Waals surface area contributed by atoms with E-state index in [1.807, 2.05) is 54.1 Å². The second kappa shape index (κ2) is 9.60. The Labute approximate surface area is 200 Å². The number of rotatable bonds is 6. The van der Waals surface area contributed by atoms with Crippen molar-refractivity contribution in [1.29, 1.82) is 0 Å². The van der Waals surface area contributed by atoms with Crippen molar-refractivity contribution in [3.8, 4) is 23.0 Å². The average molecular weight is 468 g/mol. The summed E-state index contributed by atoms with van der Waals surface area (Å²) in [7, 11) is 0. The normalized spacial score (nSPS) is 10.8. The third kappa shape index (κ3) is 5.25. The summed E-state index contributed by atoms with van der Waals surface area (Å²) >= 11 is 0. The summed E-state index contributed by atoms with van der Waals surface area (Å²) in [6, 6.07) is 20.7. The van der Waals surface area contributed by atoms with Crippen molar-refractivity contribution in [2.75, 3.05) is 10.6 Å². The number of anilines is 2. The molecule has 0 atom stereocenters. The van der Waals surface area contributed by atoms with Crippen LogP contribution in [-0.4, -0.2) is 25.7 Å². The fourth-order valence-electron chi connectivity index (χ4n) is 3.46. The van der Waals surface area contributed by atoms with Crippen molar-refractivity contribution in [2.24, 2.45) is 0 Å². The van der Waals surface area contributed by atoms with Crippen LogP contribution < -0.4 is 10.6 Å². The van der Waals surface area contributed by atoms with Gasteiger partial charge < -0.3 is 19.7 Å². The zero-order valence-corrected chi connectivity index (χ0v) is 18.8. The minimum Gasteiger partial charge on any atom is -0.332 e. The van der Waals surface area contributed by atoms with Gasteiger partial charge in [0.1, 0.15) is 11.5 Å². The van der Waals surface area contributed by atoms with Crippen LogP contribution in [-0.2, 0) is 6.54 Å². The molecule has 0 radical (unpaired) electrons. The molecule has 5 rings (SSSR count). The second-order valence-electron chi connectivity index (χ2n) is 7.98. The van der Waals surface area contributed by atoms with E-state index in [4.69, 9.17) is 4.52 Å². The quantitative estimate of drug-likeness (QED) is 0.331. The Morgan fingerprint density at radius 3 is 2.54 bits per heavy atom. The third-order valence-corrected chi connectivity index (χ3v) is 5.29. The third-order valence-electron chi connectivity index (χ3n) is 5.29. The van der Waals surface area contributed by atoms with Crippen molar-refractivity contribution in [1.82, 2.24) is 19.7 Å². The van der Waals surface area contributed by atoms with Crippen LogP contribution in [0.25, 0.3) is 23.0 Å². The van der Waals surface area contributed by atoms with Crippen LogP contribution in [0.15, 0.2) is 89.8 Å². The number of amides is 2. The lowest BCUT2D eigenvalue weighted by atomic mass is 10.1. The summed E-state index contributed by atoms with van der Waals surface area (Å²) in [5.41, 5.74) is 4.32. The van der Waals surface area contributed by atoms with E-state index in [0.29, 0.717) is 29.6 Å². The molecule has 3 aromatic carbocycles. The minimum absolute atomic E-state index is 0.116. The predicted octanol–water partition coefficient (Wildman–Crippen LogP) is 5.74. The molecule has 0 unspecified atom stereocenters. The van der Waals surface area contributed by atoms with Gasteiger partial charge in [0.15, 0.2) is 0 Å². The standard InChI is InChI=1S/C26H21FN6O2/c1-17-6-10-19(11-7-17)24-31-25(35-32-24)23-15-33(16-28-23)14-18-8-12-20(13-9-18)29-26(34)30-22-5-3-2-4-21(22)27/h2-13,15-16H,14H2,1H3,(H2,29,30,34). The van der Waals surface area contributed by atoms with Crippen LogP contribution in [0.1, 0.15) is 11.1 Å². The van der Waals surface area contributed by atoms with E-state index in [-0.39, 0.29) is 5.69 Å². The largest absolute Gasteiger partial charge is 0.332 e. The Morgan fingerprint density at radius 1 is 1.00 bits per heavy atom. The fourth-order valence-corrected chi connectivity index (χ4v) is 3.46. The molecule has 0 saturated carbocycles. The lowest BCUT2D eigenvalue weighted by Gasteiger charge is -2.09. The Morgan fingerprint density at radius 2 is 1.77 bits per heavy atom. The van der Waals surface area contributed by atoms with Gasteiger partial charge in [-0.05, 0) is 36.8 Å². The zero-order valence-electron chi connectivity index (χ0n) is 18.8. The van der Waals surface area contributed by atoms with E-state index in [9.17, 15) is 9.18 Å². The molecule has 2 amide bonds. The SMILES string of the molecule is Cc1ccc(-c2noc(-c3cn(Cc4ccc(NC(=O)Nc5ccccc5F)cc4)cn3)n2)cc1. The molecule has 2 heterocycles. The molecule has 8 nitrogen and oxygen atoms in total. The smallest absolute Gasteiger partial charge is 0.323 e. The van der Waals surface area contributed by atoms with Crippen LogP contribution >= 0.6 is 0 Å². The molecular weight excluding hydrogens is 447 g/mol. The van der Waals surface area contributed by atoms with Gasteiger partial charge in [-0.25, -0.2) is 14.2 Å². The molecule has 2 aromatic heterocycles. The number of carbonyl (C=O) groups is 1. The van der Waals surface area contributed by atoms with Crippen molar-refractivity contribution >= 4 is 17.4 Å². The zero-order chi connectivity index (χ0) is 24.2. The van der Waals surface area contributed by atoms with Crippen molar-refractivity contribution in [3.05, 3.63) is 102 Å². The lowest BCUT2D eigenvalue weighted by Crippen LogP contribution is -2.20. The average Bonchev–Trinajstić information content (AvgIpc) is 3.52. The van der Waals surface area contributed by atoms with Gasteiger partial charge in [0, 0.05) is 24.0 Å². The molecule has 9 heteroatoms. The minimum atomic E-state index is -0.522. The van der Waals surface area contributed by atoms with Gasteiger partial charge in [0.2, 0.25) is 5.82 Å². The molecule has 0 fully saturated rings. The van der Waals surface area contributed by atoms with Gasteiger partial charge in [-0.1, -0.05) is 59.3 Å². The van der Waals surface area contributed by atoms with Gasteiger partial charge in [-0.3, -0.25) is 0 Å². The first-order valence-corrected chi connectivity index (χ1v) is 10.9. The topological polar surface area (TPSA) is 97.9 Å². The number of nitrogens with zero attached hydrogens (tertiary/aromatic N) is 4. The van der Waals surface area contributed by atoms with Crippen LogP contribution in [0, 0.1) is 12.7 Å². The first-order valence-electron chi connectivity index (χ1n) is 10.9. The highest BCUT2D eigenvalue weighted by Crippen LogP contribution is 2.22. The highest BCUT2D eigenvalue weighted by molar-refractivity contribution is 5.99. The predicted molar refractivity (Wildman–Crippen MR) is 130 cm³/mol. The number of para-hydroxylation sites is 1. The summed E-state index contributed by atoms with van der Waals surface area (Å²) < 4.78 is 21.0. The molecule has 35 heavy (non-hydrogen) atoms. The first kappa shape index (κ1) is 22.0. The van der Waals surface area contributed by atoms with Crippen LogP contribution in [0.4, 0.5) is 20.6 Å². The summed E-state index contributed by atoms with van der Waals surface area (Å²) in [4.78, 5) is 21.0. The maximum Gasteiger partial charge on any atom is 0.323 e. The van der Waals surface area contributed by atoms with E-state index in [1.165, 1.54) is 12.1 Å². The maximum atomic E-state index is 13.7. The van der Waals surface area contributed by atoms with Gasteiger partial charge in [0.05, 0.1) is 12.0 Å². The van der Waals surface area contributed by atoms with Crippen molar-refractivity contribution < 1.29 is 13.7 Å². The monoisotopic (exact) mass is 468 g/mol. The number of carbonyl (C=O) groups excluding carboxylic acids is 1. The second-order valence-corrected chi connectivity index (χ2v) is 7.98. The molecule has 0 aliphatic heterocycles. The molecule has 0 aliphatic rings. The molecule has 0 aliphatic carbocycles. The summed E-state index contributed by atoms with van der Waals surface area (Å²) in [5.74, 6) is 0.362. The van der Waals surface area contributed by atoms with Gasteiger partial charge in [-0.15, -0.1) is 0 Å². The van der Waals surface area contributed by atoms with Crippen LogP contribution in [0.5, 0.6) is 0 Å². The number of aromatic nitrogens is 4. The molecule has 0 saturated heterocycles. The Balaban J connectivity index is 1.20. The number of hydrogen-bond acceptors (Lipinski definition) is 5. The van der Waals surface area contributed by atoms with E-state index in [0.717, 1.165) is 16.7 Å². The summed E-state index contributed by atoms with van der Waals surface area (Å²) in [5, 5.41) is 9.23. The van der Waals surface area contributed by atoms with Gasteiger partial charge >= 0.3 is 6.03 Å². The van der Waals surface area contributed by atoms with Gasteiger partial charge in [0.25, 0.3) is 5.89 Å². The Hall–Kier alpha value is -4.79. The number of nitrogens with one attached hydrogen (secondary N) is 2. The fraction of sp³-hybridized carbons (Fsp3) is 0.0769. The van der Waals surface area contributed by atoms with E-state index in [2.05, 4.69) is 25.8 Å². The Bertz CT molecular complexity index is 1460. The van der Waals surface area contributed by atoms with E-state index >= 15 is 0 Å². The van der Waals surface area contributed by atoms with Crippen LogP contribution in [0.2, 0.25) is 0 Å². The number of hydrogen-bond donors (Lipinski definition) is 2. The van der Waals surface area contributed by atoms with Crippen molar-refractivity contribution in [2.45, 2.75) is 13.5 Å². The molecule has 0 bridgehead atoms. The first-order chi connectivity index (χ1) is 17.0. The molecule has 2 N–H and O–H groups in total. The lowest BCUT2D eigenvalue weighted by molar-refractivity contribution is 0.262. The molecule has 5 aromatic rings. The molecule has 0 spiro atoms.